The summed E-state index contributed by atoms with van der Waals surface area (Å²) in [5.74, 6) is 0. The molecule has 2 atom stereocenters. The van der Waals surface area contributed by atoms with Crippen molar-refractivity contribution in [2.24, 2.45) is 5.73 Å². The van der Waals surface area contributed by atoms with E-state index in [1.165, 1.54) is 18.4 Å². The largest absolute Gasteiger partial charge is 0.393 e. The number of benzene rings is 1. The molecule has 0 bridgehead atoms. The van der Waals surface area contributed by atoms with Crippen molar-refractivity contribution in [2.45, 2.75) is 58.5 Å². The van der Waals surface area contributed by atoms with Crippen LogP contribution in [0.2, 0.25) is 0 Å². The van der Waals surface area contributed by atoms with Crippen molar-refractivity contribution in [3.63, 3.8) is 0 Å². The fraction of sp³-hybridized carbons (Fsp3) is 0.588. The van der Waals surface area contributed by atoms with Crippen LogP contribution in [0, 0.1) is 0 Å². The molecule has 112 valence electrons. The quantitative estimate of drug-likeness (QED) is 0.688. The highest BCUT2D eigenvalue weighted by Gasteiger charge is 2.24. The van der Waals surface area contributed by atoms with Gasteiger partial charge in [-0.15, -0.1) is 0 Å². The van der Waals surface area contributed by atoms with E-state index in [4.69, 9.17) is 18.0 Å². The zero-order chi connectivity index (χ0) is 15.0. The summed E-state index contributed by atoms with van der Waals surface area (Å²) < 4.78 is 0. The first kappa shape index (κ1) is 17.1. The van der Waals surface area contributed by atoms with E-state index in [9.17, 15) is 0 Å². The van der Waals surface area contributed by atoms with Gasteiger partial charge < -0.3 is 5.73 Å². The molecule has 0 saturated carbocycles. The number of thiocarbonyl (C=S) groups is 1. The standard InChI is InChI=1S/C17H28N2S/c1-4-6-12-19(14(3)5-2)16(13-17(18)20)15-10-8-7-9-11-15/h7-11,14,16H,4-6,12-13H2,1-3H3,(H2,18,20). The topological polar surface area (TPSA) is 29.3 Å². The minimum Gasteiger partial charge on any atom is -0.393 e. The molecule has 2 N–H and O–H groups in total. The zero-order valence-corrected chi connectivity index (χ0v) is 13.8. The Hall–Kier alpha value is -0.930. The van der Waals surface area contributed by atoms with E-state index in [-0.39, 0.29) is 0 Å². The molecule has 3 heteroatoms. The lowest BCUT2D eigenvalue weighted by Gasteiger charge is -2.36. The van der Waals surface area contributed by atoms with Crippen LogP contribution in [0.1, 0.15) is 58.1 Å². The molecule has 0 aliphatic rings. The molecule has 0 fully saturated rings. The van der Waals surface area contributed by atoms with Gasteiger partial charge in [-0.05, 0) is 31.9 Å². The fourth-order valence-electron chi connectivity index (χ4n) is 2.55. The first-order valence-corrected chi connectivity index (χ1v) is 8.09. The lowest BCUT2D eigenvalue weighted by atomic mass is 9.99. The smallest absolute Gasteiger partial charge is 0.0746 e. The maximum Gasteiger partial charge on any atom is 0.0746 e. The maximum absolute atomic E-state index is 5.84. The van der Waals surface area contributed by atoms with Crippen LogP contribution >= 0.6 is 12.2 Å². The van der Waals surface area contributed by atoms with Gasteiger partial charge >= 0.3 is 0 Å². The second-order valence-corrected chi connectivity index (χ2v) is 5.97. The molecule has 1 aromatic carbocycles. The summed E-state index contributed by atoms with van der Waals surface area (Å²) in [6, 6.07) is 11.5. The first-order valence-electron chi connectivity index (χ1n) is 7.69. The van der Waals surface area contributed by atoms with E-state index in [1.54, 1.807) is 0 Å². The lowest BCUT2D eigenvalue weighted by Crippen LogP contribution is -2.38. The second-order valence-electron chi connectivity index (χ2n) is 5.45. The number of unbranched alkanes of at least 4 members (excludes halogenated alkanes) is 1. The highest BCUT2D eigenvalue weighted by Crippen LogP contribution is 2.27. The Morgan fingerprint density at radius 3 is 2.40 bits per heavy atom. The SMILES string of the molecule is CCCCN(C(C)CC)C(CC(N)=S)c1ccccc1. The van der Waals surface area contributed by atoms with Crippen LogP contribution in [0.25, 0.3) is 0 Å². The molecule has 0 radical (unpaired) electrons. The number of hydrogen-bond acceptors (Lipinski definition) is 2. The van der Waals surface area contributed by atoms with Crippen LogP contribution in [-0.2, 0) is 0 Å². The monoisotopic (exact) mass is 292 g/mol. The molecule has 2 unspecified atom stereocenters. The van der Waals surface area contributed by atoms with E-state index in [0.717, 1.165) is 19.4 Å². The van der Waals surface area contributed by atoms with Gasteiger partial charge in [0.2, 0.25) is 0 Å². The Balaban J connectivity index is 3.00. The van der Waals surface area contributed by atoms with Gasteiger partial charge in [-0.3, -0.25) is 4.90 Å². The fourth-order valence-corrected chi connectivity index (χ4v) is 2.71. The van der Waals surface area contributed by atoms with Crippen LogP contribution in [-0.4, -0.2) is 22.5 Å². The van der Waals surface area contributed by atoms with Crippen molar-refractivity contribution in [2.75, 3.05) is 6.54 Å². The summed E-state index contributed by atoms with van der Waals surface area (Å²) in [5, 5.41) is 0. The maximum atomic E-state index is 5.84. The van der Waals surface area contributed by atoms with Crippen molar-refractivity contribution in [3.8, 4) is 0 Å². The number of hydrogen-bond donors (Lipinski definition) is 1. The third-order valence-electron chi connectivity index (χ3n) is 3.91. The summed E-state index contributed by atoms with van der Waals surface area (Å²) in [5.41, 5.74) is 7.16. The normalized spacial score (nSPS) is 14.2. The Labute approximate surface area is 129 Å². The third kappa shape index (κ3) is 5.22. The minimum absolute atomic E-state index is 0.301. The molecule has 0 heterocycles. The van der Waals surface area contributed by atoms with Gasteiger partial charge in [-0.25, -0.2) is 0 Å². The molecular formula is C17H28N2S. The van der Waals surface area contributed by atoms with Gasteiger partial charge in [0.05, 0.1) is 4.99 Å². The van der Waals surface area contributed by atoms with Gasteiger partial charge in [0.25, 0.3) is 0 Å². The summed E-state index contributed by atoms with van der Waals surface area (Å²) in [6.45, 7) is 7.88. The Bertz CT molecular complexity index is 391. The molecule has 1 rings (SSSR count). The molecular weight excluding hydrogens is 264 g/mol. The molecule has 0 aliphatic carbocycles. The highest BCUT2D eigenvalue weighted by molar-refractivity contribution is 7.80. The van der Waals surface area contributed by atoms with E-state index >= 15 is 0 Å². The van der Waals surface area contributed by atoms with Crippen molar-refractivity contribution in [1.29, 1.82) is 0 Å². The molecule has 0 saturated heterocycles. The van der Waals surface area contributed by atoms with Gasteiger partial charge in [-0.2, -0.15) is 0 Å². The van der Waals surface area contributed by atoms with Crippen molar-refractivity contribution in [1.82, 2.24) is 4.90 Å². The van der Waals surface area contributed by atoms with Gasteiger partial charge in [0, 0.05) is 18.5 Å². The molecule has 0 aliphatic heterocycles. The number of rotatable bonds is 9. The Morgan fingerprint density at radius 2 is 1.90 bits per heavy atom. The average molecular weight is 292 g/mol. The van der Waals surface area contributed by atoms with Crippen molar-refractivity contribution >= 4 is 17.2 Å². The molecule has 20 heavy (non-hydrogen) atoms. The van der Waals surface area contributed by atoms with E-state index in [2.05, 4.69) is 56.0 Å². The summed E-state index contributed by atoms with van der Waals surface area (Å²) in [6.07, 6.45) is 4.32. The summed E-state index contributed by atoms with van der Waals surface area (Å²) >= 11 is 5.18. The predicted octanol–water partition coefficient (Wildman–Crippen LogP) is 4.30. The van der Waals surface area contributed by atoms with Gasteiger partial charge in [0.1, 0.15) is 0 Å². The van der Waals surface area contributed by atoms with Crippen molar-refractivity contribution < 1.29 is 0 Å². The summed E-state index contributed by atoms with van der Waals surface area (Å²) in [7, 11) is 0. The number of nitrogens with zero attached hydrogens (tertiary/aromatic N) is 1. The predicted molar refractivity (Wildman–Crippen MR) is 92.0 cm³/mol. The Kier molecular flexibility index (Phi) is 7.78. The Morgan fingerprint density at radius 1 is 1.25 bits per heavy atom. The molecule has 2 nitrogen and oxygen atoms in total. The zero-order valence-electron chi connectivity index (χ0n) is 13.0. The molecule has 0 aromatic heterocycles. The summed E-state index contributed by atoms with van der Waals surface area (Å²) in [4.78, 5) is 3.17. The van der Waals surface area contributed by atoms with Crippen LogP contribution in [0.3, 0.4) is 0 Å². The molecule has 0 amide bonds. The minimum atomic E-state index is 0.301. The van der Waals surface area contributed by atoms with E-state index < -0.39 is 0 Å². The van der Waals surface area contributed by atoms with Crippen LogP contribution in [0.5, 0.6) is 0 Å². The van der Waals surface area contributed by atoms with Gasteiger partial charge in [-0.1, -0.05) is 62.8 Å². The third-order valence-corrected chi connectivity index (χ3v) is 4.07. The second kappa shape index (κ2) is 9.09. The van der Waals surface area contributed by atoms with Gasteiger partial charge in [0.15, 0.2) is 0 Å². The van der Waals surface area contributed by atoms with E-state index in [1.807, 2.05) is 0 Å². The first-order chi connectivity index (χ1) is 9.60. The van der Waals surface area contributed by atoms with Crippen LogP contribution < -0.4 is 5.73 Å². The van der Waals surface area contributed by atoms with Crippen LogP contribution in [0.15, 0.2) is 30.3 Å². The average Bonchev–Trinajstić information content (AvgIpc) is 2.46. The molecule has 0 spiro atoms. The lowest BCUT2D eigenvalue weighted by molar-refractivity contribution is 0.140. The van der Waals surface area contributed by atoms with Crippen molar-refractivity contribution in [3.05, 3.63) is 35.9 Å². The highest BCUT2D eigenvalue weighted by atomic mass is 32.1. The van der Waals surface area contributed by atoms with E-state index in [0.29, 0.717) is 17.1 Å². The number of nitrogens with two attached hydrogens (primary N) is 1. The van der Waals surface area contributed by atoms with Crippen LogP contribution in [0.4, 0.5) is 0 Å². The molecule has 1 aromatic rings.